The molecule has 1 fully saturated rings. The average molecular weight is 274 g/mol. The van der Waals surface area contributed by atoms with Crippen molar-refractivity contribution in [3.05, 3.63) is 12.7 Å². The molecular formula is C12H18N8. The minimum absolute atomic E-state index is 0.482. The van der Waals surface area contributed by atoms with Crippen LogP contribution in [0.15, 0.2) is 12.7 Å². The fourth-order valence-electron chi connectivity index (χ4n) is 2.23. The molecule has 0 saturated carbocycles. The third kappa shape index (κ3) is 2.54. The van der Waals surface area contributed by atoms with E-state index in [1.54, 1.807) is 18.1 Å². The van der Waals surface area contributed by atoms with Crippen molar-refractivity contribution in [3.63, 3.8) is 0 Å². The van der Waals surface area contributed by atoms with E-state index in [1.807, 2.05) is 0 Å². The van der Waals surface area contributed by atoms with Crippen LogP contribution in [-0.4, -0.2) is 49.9 Å². The van der Waals surface area contributed by atoms with E-state index < -0.39 is 0 Å². The predicted molar refractivity (Wildman–Crippen MR) is 74.9 cm³/mol. The summed E-state index contributed by atoms with van der Waals surface area (Å²) in [6, 6.07) is 0. The average Bonchev–Trinajstić information content (AvgIpc) is 3.02. The van der Waals surface area contributed by atoms with Gasteiger partial charge in [-0.15, -0.1) is 0 Å². The van der Waals surface area contributed by atoms with Crippen molar-refractivity contribution >= 4 is 11.9 Å². The van der Waals surface area contributed by atoms with Crippen LogP contribution < -0.4 is 10.2 Å². The summed E-state index contributed by atoms with van der Waals surface area (Å²) in [5, 5.41) is 7.03. The number of piperidine rings is 1. The lowest BCUT2D eigenvalue weighted by Gasteiger charge is -2.30. The van der Waals surface area contributed by atoms with E-state index >= 15 is 0 Å². The molecule has 0 bridgehead atoms. The van der Waals surface area contributed by atoms with Crippen molar-refractivity contribution in [2.75, 3.05) is 30.4 Å². The van der Waals surface area contributed by atoms with Gasteiger partial charge in [0.05, 0.1) is 0 Å². The van der Waals surface area contributed by atoms with Crippen LogP contribution in [0.3, 0.4) is 0 Å². The first-order chi connectivity index (χ1) is 9.76. The summed E-state index contributed by atoms with van der Waals surface area (Å²) in [7, 11) is 1.79. The Morgan fingerprint density at radius 2 is 1.90 bits per heavy atom. The van der Waals surface area contributed by atoms with Crippen molar-refractivity contribution in [1.29, 1.82) is 0 Å². The first-order valence-corrected chi connectivity index (χ1v) is 6.80. The Morgan fingerprint density at radius 1 is 1.15 bits per heavy atom. The lowest BCUT2D eigenvalue weighted by molar-refractivity contribution is 0.434. The summed E-state index contributed by atoms with van der Waals surface area (Å²) in [5.74, 6) is 2.49. The molecule has 0 spiro atoms. The maximum absolute atomic E-state index is 4.50. The Kier molecular flexibility index (Phi) is 3.44. The standard InChI is InChI=1S/C12H18N8/c1-9-3-5-19(6-4-9)11-16-10(13-2)17-12(18-11)20-8-14-7-15-20/h7-9H,3-6H2,1-2H3,(H,13,16,17,18). The van der Waals surface area contributed by atoms with Crippen LogP contribution in [0.1, 0.15) is 19.8 Å². The van der Waals surface area contributed by atoms with Crippen molar-refractivity contribution in [3.8, 4) is 5.95 Å². The summed E-state index contributed by atoms with van der Waals surface area (Å²) in [6.45, 7) is 4.24. The van der Waals surface area contributed by atoms with Gasteiger partial charge in [-0.05, 0) is 18.8 Å². The van der Waals surface area contributed by atoms with Gasteiger partial charge in [0, 0.05) is 20.1 Å². The van der Waals surface area contributed by atoms with E-state index in [2.05, 4.69) is 42.2 Å². The van der Waals surface area contributed by atoms with Gasteiger partial charge < -0.3 is 10.2 Å². The molecule has 3 rings (SSSR count). The number of anilines is 2. The van der Waals surface area contributed by atoms with Crippen molar-refractivity contribution in [2.45, 2.75) is 19.8 Å². The molecule has 0 atom stereocenters. The number of nitrogens with zero attached hydrogens (tertiary/aromatic N) is 7. The van der Waals surface area contributed by atoms with Gasteiger partial charge in [0.15, 0.2) is 0 Å². The molecule has 1 N–H and O–H groups in total. The van der Waals surface area contributed by atoms with Gasteiger partial charge in [-0.1, -0.05) is 6.92 Å². The zero-order chi connectivity index (χ0) is 13.9. The number of aromatic nitrogens is 6. The molecule has 106 valence electrons. The molecule has 1 saturated heterocycles. The van der Waals surface area contributed by atoms with Crippen molar-refractivity contribution in [2.24, 2.45) is 5.92 Å². The predicted octanol–water partition coefficient (Wildman–Crippen LogP) is 0.730. The zero-order valence-electron chi connectivity index (χ0n) is 11.7. The molecule has 0 aliphatic carbocycles. The molecule has 0 radical (unpaired) electrons. The van der Waals surface area contributed by atoms with Crippen LogP contribution in [0.2, 0.25) is 0 Å². The van der Waals surface area contributed by atoms with Crippen LogP contribution in [-0.2, 0) is 0 Å². The lowest BCUT2D eigenvalue weighted by Crippen LogP contribution is -2.34. The summed E-state index contributed by atoms with van der Waals surface area (Å²) in [4.78, 5) is 19.4. The fourth-order valence-corrected chi connectivity index (χ4v) is 2.23. The molecular weight excluding hydrogens is 256 g/mol. The van der Waals surface area contributed by atoms with Gasteiger partial charge in [0.1, 0.15) is 12.7 Å². The molecule has 0 aromatic carbocycles. The largest absolute Gasteiger partial charge is 0.357 e. The Morgan fingerprint density at radius 3 is 2.55 bits per heavy atom. The Balaban J connectivity index is 1.92. The quantitative estimate of drug-likeness (QED) is 0.883. The molecule has 0 unspecified atom stereocenters. The molecule has 1 aliphatic rings. The minimum Gasteiger partial charge on any atom is -0.357 e. The molecule has 20 heavy (non-hydrogen) atoms. The normalized spacial score (nSPS) is 16.4. The zero-order valence-corrected chi connectivity index (χ0v) is 11.7. The Labute approximate surface area is 117 Å². The van der Waals surface area contributed by atoms with Crippen molar-refractivity contribution < 1.29 is 0 Å². The summed E-state index contributed by atoms with van der Waals surface area (Å²) in [6.07, 6.45) is 5.38. The third-order valence-corrected chi connectivity index (χ3v) is 3.53. The molecule has 3 heterocycles. The Hall–Kier alpha value is -2.25. The highest BCUT2D eigenvalue weighted by atomic mass is 15.4. The number of rotatable bonds is 3. The molecule has 8 heteroatoms. The van der Waals surface area contributed by atoms with E-state index in [1.165, 1.54) is 19.2 Å². The molecule has 8 nitrogen and oxygen atoms in total. The van der Waals surface area contributed by atoms with Crippen LogP contribution in [0, 0.1) is 5.92 Å². The van der Waals surface area contributed by atoms with E-state index in [-0.39, 0.29) is 0 Å². The smallest absolute Gasteiger partial charge is 0.258 e. The first-order valence-electron chi connectivity index (χ1n) is 6.80. The Bertz CT molecular complexity index is 559. The van der Waals surface area contributed by atoms with Gasteiger partial charge in [-0.3, -0.25) is 0 Å². The molecule has 2 aromatic heterocycles. The van der Waals surface area contributed by atoms with E-state index in [4.69, 9.17) is 0 Å². The van der Waals surface area contributed by atoms with Crippen LogP contribution >= 0.6 is 0 Å². The highest BCUT2D eigenvalue weighted by Gasteiger charge is 2.20. The highest BCUT2D eigenvalue weighted by molar-refractivity contribution is 5.39. The highest BCUT2D eigenvalue weighted by Crippen LogP contribution is 2.21. The van der Waals surface area contributed by atoms with Gasteiger partial charge in [0.2, 0.25) is 11.9 Å². The summed E-state index contributed by atoms with van der Waals surface area (Å²) >= 11 is 0. The number of hydrogen-bond acceptors (Lipinski definition) is 7. The minimum atomic E-state index is 0.482. The van der Waals surface area contributed by atoms with Gasteiger partial charge in [0.25, 0.3) is 5.95 Å². The summed E-state index contributed by atoms with van der Waals surface area (Å²) in [5.41, 5.74) is 0. The van der Waals surface area contributed by atoms with Crippen LogP contribution in [0.5, 0.6) is 0 Å². The monoisotopic (exact) mass is 274 g/mol. The van der Waals surface area contributed by atoms with Gasteiger partial charge in [-0.25, -0.2) is 4.98 Å². The second-order valence-electron chi connectivity index (χ2n) is 5.02. The van der Waals surface area contributed by atoms with Gasteiger partial charge in [-0.2, -0.15) is 24.7 Å². The van der Waals surface area contributed by atoms with Crippen LogP contribution in [0.4, 0.5) is 11.9 Å². The number of nitrogens with one attached hydrogen (secondary N) is 1. The molecule has 1 aliphatic heterocycles. The van der Waals surface area contributed by atoms with Crippen LogP contribution in [0.25, 0.3) is 5.95 Å². The maximum atomic E-state index is 4.50. The van der Waals surface area contributed by atoms with Gasteiger partial charge >= 0.3 is 0 Å². The molecule has 0 amide bonds. The first kappa shape index (κ1) is 12.8. The second kappa shape index (κ2) is 5.40. The second-order valence-corrected chi connectivity index (χ2v) is 5.02. The SMILES string of the molecule is CNc1nc(N2CCC(C)CC2)nc(-n2cncn2)n1. The maximum Gasteiger partial charge on any atom is 0.258 e. The summed E-state index contributed by atoms with van der Waals surface area (Å²) < 4.78 is 1.54. The van der Waals surface area contributed by atoms with E-state index in [0.29, 0.717) is 17.8 Å². The topological polar surface area (TPSA) is 84.7 Å². The van der Waals surface area contributed by atoms with Crippen molar-refractivity contribution in [1.82, 2.24) is 29.7 Å². The third-order valence-electron chi connectivity index (χ3n) is 3.53. The van der Waals surface area contributed by atoms with E-state index in [9.17, 15) is 0 Å². The number of hydrogen-bond donors (Lipinski definition) is 1. The molecule has 2 aromatic rings. The fraction of sp³-hybridized carbons (Fsp3) is 0.583. The lowest BCUT2D eigenvalue weighted by atomic mass is 10.00. The van der Waals surface area contributed by atoms with E-state index in [0.717, 1.165) is 19.0 Å².